The van der Waals surface area contributed by atoms with Crippen LogP contribution in [-0.2, 0) is 19.6 Å². The fourth-order valence-corrected chi connectivity index (χ4v) is 4.06. The number of sulfonamides is 1. The van der Waals surface area contributed by atoms with Crippen LogP contribution in [0.1, 0.15) is 17.3 Å². The summed E-state index contributed by atoms with van der Waals surface area (Å²) in [7, 11) is -3.84. The second kappa shape index (κ2) is 10.2. The quantitative estimate of drug-likeness (QED) is 0.320. The number of esters is 1. The number of pyridine rings is 1. The summed E-state index contributed by atoms with van der Waals surface area (Å²) >= 11 is 0. The molecule has 11 heteroatoms. The number of nitrogens with one attached hydrogen (secondary N) is 3. The molecular weight excluding hydrogens is 470 g/mol. The molecule has 178 valence electrons. The summed E-state index contributed by atoms with van der Waals surface area (Å²) in [6, 6.07) is 17.0. The predicted molar refractivity (Wildman–Crippen MR) is 129 cm³/mol. The van der Waals surface area contributed by atoms with E-state index in [2.05, 4.69) is 25.0 Å². The molecule has 1 unspecified atom stereocenters. The number of anilines is 2. The number of imidazole rings is 1. The van der Waals surface area contributed by atoms with Gasteiger partial charge in [-0.2, -0.15) is 0 Å². The summed E-state index contributed by atoms with van der Waals surface area (Å²) in [6.45, 7) is 1.44. The third-order valence-electron chi connectivity index (χ3n) is 4.88. The minimum Gasteiger partial charge on any atom is -0.449 e. The van der Waals surface area contributed by atoms with Crippen molar-refractivity contribution in [2.45, 2.75) is 17.9 Å². The Bertz CT molecular complexity index is 1410. The lowest BCUT2D eigenvalue weighted by molar-refractivity contribution is -0.123. The van der Waals surface area contributed by atoms with Gasteiger partial charge in [0.1, 0.15) is 11.6 Å². The van der Waals surface area contributed by atoms with E-state index < -0.39 is 28.0 Å². The van der Waals surface area contributed by atoms with Gasteiger partial charge in [-0.05, 0) is 55.5 Å². The molecule has 0 aliphatic rings. The van der Waals surface area contributed by atoms with Crippen LogP contribution >= 0.6 is 0 Å². The highest BCUT2D eigenvalue weighted by atomic mass is 32.2. The zero-order valence-electron chi connectivity index (χ0n) is 18.5. The number of rotatable bonds is 8. The first-order valence-corrected chi connectivity index (χ1v) is 12.0. The van der Waals surface area contributed by atoms with Crippen molar-refractivity contribution in [3.8, 4) is 11.4 Å². The highest BCUT2D eigenvalue weighted by molar-refractivity contribution is 7.92. The van der Waals surface area contributed by atoms with Crippen LogP contribution in [0.4, 0.5) is 11.5 Å². The first kappa shape index (κ1) is 23.6. The first-order valence-electron chi connectivity index (χ1n) is 10.5. The Balaban J connectivity index is 1.33. The van der Waals surface area contributed by atoms with Gasteiger partial charge in [0.25, 0.3) is 15.9 Å². The topological polar surface area (TPSA) is 143 Å². The van der Waals surface area contributed by atoms with Gasteiger partial charge in [-0.3, -0.25) is 9.52 Å². The summed E-state index contributed by atoms with van der Waals surface area (Å²) in [5.41, 5.74) is 1.44. The molecule has 0 fully saturated rings. The number of ether oxygens (including phenoxy) is 1. The van der Waals surface area contributed by atoms with Crippen molar-refractivity contribution in [1.82, 2.24) is 15.0 Å². The number of hydrogen-bond acceptors (Lipinski definition) is 7. The molecule has 10 nitrogen and oxygen atoms in total. The molecule has 0 bridgehead atoms. The first-order chi connectivity index (χ1) is 16.8. The third-order valence-corrected chi connectivity index (χ3v) is 6.25. The van der Waals surface area contributed by atoms with Crippen LogP contribution in [0.15, 0.2) is 90.2 Å². The fraction of sp³-hybridized carbons (Fsp3) is 0.0833. The predicted octanol–water partition coefficient (Wildman–Crippen LogP) is 3.46. The maximum atomic E-state index is 12.5. The van der Waals surface area contributed by atoms with Crippen LogP contribution in [-0.4, -0.2) is 41.4 Å². The molecule has 3 N–H and O–H groups in total. The van der Waals surface area contributed by atoms with Gasteiger partial charge >= 0.3 is 5.97 Å². The van der Waals surface area contributed by atoms with Crippen molar-refractivity contribution in [3.05, 3.63) is 90.9 Å². The van der Waals surface area contributed by atoms with E-state index in [0.717, 1.165) is 5.56 Å². The Labute approximate surface area is 201 Å². The average molecular weight is 492 g/mol. The normalized spacial score (nSPS) is 11.9. The number of nitrogens with zero attached hydrogens (tertiary/aromatic N) is 2. The Morgan fingerprint density at radius 3 is 2.31 bits per heavy atom. The average Bonchev–Trinajstić information content (AvgIpc) is 3.40. The second-order valence-corrected chi connectivity index (χ2v) is 9.08. The van der Waals surface area contributed by atoms with Crippen LogP contribution in [0, 0.1) is 0 Å². The van der Waals surface area contributed by atoms with E-state index in [1.54, 1.807) is 48.8 Å². The number of amides is 1. The molecule has 2 aromatic carbocycles. The highest BCUT2D eigenvalue weighted by Gasteiger charge is 2.20. The van der Waals surface area contributed by atoms with Crippen LogP contribution < -0.4 is 10.0 Å². The summed E-state index contributed by atoms with van der Waals surface area (Å²) in [4.78, 5) is 35.9. The lowest BCUT2D eigenvalue weighted by Gasteiger charge is -2.14. The van der Waals surface area contributed by atoms with Crippen molar-refractivity contribution >= 4 is 33.4 Å². The van der Waals surface area contributed by atoms with Crippen molar-refractivity contribution in [1.29, 1.82) is 0 Å². The Morgan fingerprint density at radius 1 is 0.943 bits per heavy atom. The maximum absolute atomic E-state index is 12.5. The molecule has 0 saturated heterocycles. The molecule has 0 saturated carbocycles. The summed E-state index contributed by atoms with van der Waals surface area (Å²) in [5.74, 6) is -0.353. The minimum absolute atomic E-state index is 0.00127. The lowest BCUT2D eigenvalue weighted by Crippen LogP contribution is -2.30. The SMILES string of the molecule is CC(OC(=O)c1ccc(-c2ncc[nH]2)cc1)C(=O)Nc1ccc(S(=O)(=O)Nc2ccccn2)cc1. The number of aromatic amines is 1. The molecule has 0 aliphatic heterocycles. The molecule has 4 aromatic rings. The van der Waals surface area contributed by atoms with Crippen molar-refractivity contribution in [2.24, 2.45) is 0 Å². The number of benzene rings is 2. The zero-order chi connectivity index (χ0) is 24.8. The van der Waals surface area contributed by atoms with E-state index in [1.165, 1.54) is 43.5 Å². The highest BCUT2D eigenvalue weighted by Crippen LogP contribution is 2.18. The number of carbonyl (C=O) groups excluding carboxylic acids is 2. The van der Waals surface area contributed by atoms with Crippen molar-refractivity contribution < 1.29 is 22.7 Å². The van der Waals surface area contributed by atoms with Gasteiger partial charge in [-0.1, -0.05) is 18.2 Å². The number of aromatic nitrogens is 3. The van der Waals surface area contributed by atoms with E-state index in [4.69, 9.17) is 4.74 Å². The molecule has 1 amide bonds. The smallest absolute Gasteiger partial charge is 0.338 e. The van der Waals surface area contributed by atoms with Crippen LogP contribution in [0.3, 0.4) is 0 Å². The molecule has 1 atom stereocenters. The van der Waals surface area contributed by atoms with Crippen LogP contribution in [0.5, 0.6) is 0 Å². The van der Waals surface area contributed by atoms with E-state index in [1.807, 2.05) is 0 Å². The Kier molecular flexibility index (Phi) is 6.88. The number of H-pyrrole nitrogens is 1. The molecule has 0 aliphatic carbocycles. The number of hydrogen-bond donors (Lipinski definition) is 3. The molecule has 2 aromatic heterocycles. The molecule has 0 radical (unpaired) electrons. The van der Waals surface area contributed by atoms with Crippen molar-refractivity contribution in [2.75, 3.05) is 10.0 Å². The molecule has 4 rings (SSSR count). The third kappa shape index (κ3) is 5.89. The number of carbonyl (C=O) groups is 2. The standard InChI is InChI=1S/C24H21N5O5S/c1-16(34-24(31)18-7-5-17(6-8-18)22-26-14-15-27-22)23(30)28-19-9-11-20(12-10-19)35(32,33)29-21-4-2-3-13-25-21/h2-16H,1H3,(H,25,29)(H,26,27)(H,28,30). The van der Waals surface area contributed by atoms with Gasteiger partial charge in [0, 0.05) is 29.8 Å². The molecule has 2 heterocycles. The fourth-order valence-electron chi connectivity index (χ4n) is 3.05. The van der Waals surface area contributed by atoms with E-state index in [-0.39, 0.29) is 16.3 Å². The van der Waals surface area contributed by atoms with Crippen molar-refractivity contribution in [3.63, 3.8) is 0 Å². The molecule has 35 heavy (non-hydrogen) atoms. The van der Waals surface area contributed by atoms with Gasteiger partial charge in [0.15, 0.2) is 6.10 Å². The van der Waals surface area contributed by atoms with Crippen LogP contribution in [0.25, 0.3) is 11.4 Å². The van der Waals surface area contributed by atoms with Gasteiger partial charge in [0.2, 0.25) is 0 Å². The summed E-state index contributed by atoms with van der Waals surface area (Å²) < 4.78 is 32.6. The molecule has 0 spiro atoms. The minimum atomic E-state index is -3.84. The monoisotopic (exact) mass is 491 g/mol. The van der Waals surface area contributed by atoms with Gasteiger partial charge in [0.05, 0.1) is 10.5 Å². The largest absolute Gasteiger partial charge is 0.449 e. The van der Waals surface area contributed by atoms with Gasteiger partial charge in [-0.25, -0.2) is 23.2 Å². The van der Waals surface area contributed by atoms with E-state index >= 15 is 0 Å². The summed E-state index contributed by atoms with van der Waals surface area (Å²) in [5, 5.41) is 2.60. The van der Waals surface area contributed by atoms with E-state index in [0.29, 0.717) is 11.5 Å². The van der Waals surface area contributed by atoms with Crippen LogP contribution in [0.2, 0.25) is 0 Å². The zero-order valence-corrected chi connectivity index (χ0v) is 19.3. The summed E-state index contributed by atoms with van der Waals surface area (Å²) in [6.07, 6.45) is 3.72. The Hall–Kier alpha value is -4.51. The maximum Gasteiger partial charge on any atom is 0.338 e. The molecular formula is C24H21N5O5S. The van der Waals surface area contributed by atoms with Gasteiger partial charge < -0.3 is 15.0 Å². The Morgan fingerprint density at radius 2 is 1.69 bits per heavy atom. The van der Waals surface area contributed by atoms with Gasteiger partial charge in [-0.15, -0.1) is 0 Å². The van der Waals surface area contributed by atoms with E-state index in [9.17, 15) is 18.0 Å². The lowest BCUT2D eigenvalue weighted by atomic mass is 10.1. The second-order valence-electron chi connectivity index (χ2n) is 7.40.